The maximum atomic E-state index is 12.0. The average molecular weight is 360 g/mol. The molecule has 1 atom stereocenters. The Balaban J connectivity index is 2.09. The number of carbonyl (C=O) groups excluding carboxylic acids is 1. The average Bonchev–Trinajstić information content (AvgIpc) is 3.10. The summed E-state index contributed by atoms with van der Waals surface area (Å²) < 4.78 is 21.4. The first-order chi connectivity index (χ1) is 12.0. The van der Waals surface area contributed by atoms with Crippen LogP contribution in [0.3, 0.4) is 0 Å². The first kappa shape index (κ1) is 22.0. The summed E-state index contributed by atoms with van der Waals surface area (Å²) in [6.45, 7) is 10.8. The third-order valence-corrected chi connectivity index (χ3v) is 3.43. The summed E-state index contributed by atoms with van der Waals surface area (Å²) in [4.78, 5) is 12.0. The maximum absolute atomic E-state index is 12.0. The highest BCUT2D eigenvalue weighted by Gasteiger charge is 2.18. The summed E-state index contributed by atoms with van der Waals surface area (Å²) in [5.74, 6) is -0.229. The fraction of sp³-hybridized carbons (Fsp3) is 0.824. The molecule has 0 spiro atoms. The second-order valence-electron chi connectivity index (χ2n) is 5.91. The number of hydrogen-bond donors (Lipinski definition) is 2. The lowest BCUT2D eigenvalue weighted by Crippen LogP contribution is -2.48. The van der Waals surface area contributed by atoms with Crippen molar-refractivity contribution in [1.29, 1.82) is 0 Å². The maximum Gasteiger partial charge on any atom is 0.263 e. The van der Waals surface area contributed by atoms with E-state index in [0.717, 1.165) is 6.42 Å². The number of nitrogens with one attached hydrogen (secondary N) is 1. The molecule has 8 nitrogen and oxygen atoms in total. The molecule has 1 aliphatic rings. The van der Waals surface area contributed by atoms with Crippen molar-refractivity contribution in [3.8, 4) is 0 Å². The molecule has 1 amide bonds. The van der Waals surface area contributed by atoms with E-state index >= 15 is 0 Å². The molecule has 1 aliphatic heterocycles. The van der Waals surface area contributed by atoms with Gasteiger partial charge in [0.25, 0.3) is 5.91 Å². The van der Waals surface area contributed by atoms with Crippen LogP contribution in [0, 0.1) is 0 Å². The molecule has 0 bridgehead atoms. The van der Waals surface area contributed by atoms with Crippen LogP contribution in [0.1, 0.15) is 26.7 Å². The standard InChI is InChI=1S/C17H32N2O6/c1-4-6-18-19(17(21)14(2)3)12-15(20)13-23-9-8-22-7-5-16-24-10-11-25-16/h15-16,18,20H,2,4-13H2,1,3H3. The third-order valence-electron chi connectivity index (χ3n) is 3.43. The van der Waals surface area contributed by atoms with Gasteiger partial charge in [0, 0.05) is 18.5 Å². The number of hydrazine groups is 1. The number of carbonyl (C=O) groups is 1. The van der Waals surface area contributed by atoms with Gasteiger partial charge in [-0.3, -0.25) is 9.80 Å². The topological polar surface area (TPSA) is 89.5 Å². The lowest BCUT2D eigenvalue weighted by Gasteiger charge is -2.26. The van der Waals surface area contributed by atoms with Crippen LogP contribution in [0.25, 0.3) is 0 Å². The largest absolute Gasteiger partial charge is 0.389 e. The van der Waals surface area contributed by atoms with E-state index in [1.54, 1.807) is 6.92 Å². The van der Waals surface area contributed by atoms with E-state index in [4.69, 9.17) is 18.9 Å². The predicted molar refractivity (Wildman–Crippen MR) is 92.8 cm³/mol. The van der Waals surface area contributed by atoms with Crippen LogP contribution in [0.15, 0.2) is 12.2 Å². The Hall–Kier alpha value is -1.03. The molecule has 1 fully saturated rings. The van der Waals surface area contributed by atoms with Crippen molar-refractivity contribution in [3.63, 3.8) is 0 Å². The Morgan fingerprint density at radius 2 is 2.00 bits per heavy atom. The number of rotatable bonds is 14. The summed E-state index contributed by atoms with van der Waals surface area (Å²) >= 11 is 0. The van der Waals surface area contributed by atoms with E-state index in [1.807, 2.05) is 6.92 Å². The molecule has 1 heterocycles. The molecule has 0 radical (unpaired) electrons. The Labute approximate surface area is 150 Å². The fourth-order valence-electron chi connectivity index (χ4n) is 2.15. The van der Waals surface area contributed by atoms with Crippen molar-refractivity contribution in [2.45, 2.75) is 39.1 Å². The number of amides is 1. The molecule has 2 N–H and O–H groups in total. The molecular formula is C17H32N2O6. The molecule has 0 aromatic heterocycles. The molecule has 146 valence electrons. The van der Waals surface area contributed by atoms with Gasteiger partial charge in [0.2, 0.25) is 0 Å². The van der Waals surface area contributed by atoms with Crippen molar-refractivity contribution >= 4 is 5.91 Å². The van der Waals surface area contributed by atoms with Crippen LogP contribution < -0.4 is 5.43 Å². The van der Waals surface area contributed by atoms with Crippen molar-refractivity contribution in [3.05, 3.63) is 12.2 Å². The minimum absolute atomic E-state index is 0.131. The van der Waals surface area contributed by atoms with Gasteiger partial charge in [-0.2, -0.15) is 0 Å². The van der Waals surface area contributed by atoms with Crippen molar-refractivity contribution in [2.75, 3.05) is 52.7 Å². The monoisotopic (exact) mass is 360 g/mol. The lowest BCUT2D eigenvalue weighted by atomic mass is 10.3. The highest BCUT2D eigenvalue weighted by molar-refractivity contribution is 5.91. The lowest BCUT2D eigenvalue weighted by molar-refractivity contribution is -0.132. The van der Waals surface area contributed by atoms with Crippen molar-refractivity contribution < 1.29 is 28.8 Å². The molecule has 0 aliphatic carbocycles. The third kappa shape index (κ3) is 9.88. The fourth-order valence-corrected chi connectivity index (χ4v) is 2.15. The normalized spacial score (nSPS) is 16.1. The van der Waals surface area contributed by atoms with Crippen molar-refractivity contribution in [1.82, 2.24) is 10.4 Å². The summed E-state index contributed by atoms with van der Waals surface area (Å²) in [5.41, 5.74) is 3.40. The van der Waals surface area contributed by atoms with Gasteiger partial charge in [-0.15, -0.1) is 0 Å². The van der Waals surface area contributed by atoms with Crippen molar-refractivity contribution in [2.24, 2.45) is 0 Å². The molecular weight excluding hydrogens is 328 g/mol. The van der Waals surface area contributed by atoms with E-state index in [0.29, 0.717) is 51.6 Å². The minimum Gasteiger partial charge on any atom is -0.389 e. The quantitative estimate of drug-likeness (QED) is 0.264. The number of aliphatic hydroxyl groups is 1. The molecule has 1 unspecified atom stereocenters. The zero-order valence-electron chi connectivity index (χ0n) is 15.4. The summed E-state index contributed by atoms with van der Waals surface area (Å²) in [6, 6.07) is 0. The SMILES string of the molecule is C=C(C)C(=O)N(CC(O)COCCOCCC1OCCO1)NCCC. The van der Waals surface area contributed by atoms with Crippen LogP contribution in [0.2, 0.25) is 0 Å². The Morgan fingerprint density at radius 1 is 1.32 bits per heavy atom. The Kier molecular flexibility index (Phi) is 11.6. The van der Waals surface area contributed by atoms with Crippen LogP contribution in [0.5, 0.6) is 0 Å². The van der Waals surface area contributed by atoms with Crippen LogP contribution in [-0.4, -0.2) is 81.1 Å². The number of nitrogens with zero attached hydrogens (tertiary/aromatic N) is 1. The van der Waals surface area contributed by atoms with E-state index in [9.17, 15) is 9.90 Å². The molecule has 8 heteroatoms. The van der Waals surface area contributed by atoms with Gasteiger partial charge < -0.3 is 24.1 Å². The zero-order valence-corrected chi connectivity index (χ0v) is 15.4. The van der Waals surface area contributed by atoms with Gasteiger partial charge in [0.15, 0.2) is 6.29 Å². The number of aliphatic hydroxyl groups excluding tert-OH is 1. The molecule has 1 rings (SSSR count). The molecule has 0 aromatic rings. The number of ether oxygens (including phenoxy) is 4. The summed E-state index contributed by atoms with van der Waals surface area (Å²) in [7, 11) is 0. The van der Waals surface area contributed by atoms with Crippen LogP contribution >= 0.6 is 0 Å². The smallest absolute Gasteiger partial charge is 0.263 e. The van der Waals surface area contributed by atoms with E-state index in [2.05, 4.69) is 12.0 Å². The van der Waals surface area contributed by atoms with Crippen LogP contribution in [-0.2, 0) is 23.7 Å². The van der Waals surface area contributed by atoms with E-state index in [-0.39, 0.29) is 25.3 Å². The second-order valence-corrected chi connectivity index (χ2v) is 5.91. The Morgan fingerprint density at radius 3 is 2.64 bits per heavy atom. The van der Waals surface area contributed by atoms with Gasteiger partial charge in [0.05, 0.1) is 52.3 Å². The van der Waals surface area contributed by atoms with Gasteiger partial charge in [0.1, 0.15) is 0 Å². The molecule has 0 saturated carbocycles. The molecule has 1 saturated heterocycles. The summed E-state index contributed by atoms with van der Waals surface area (Å²) in [6.07, 6.45) is 0.632. The number of hydrogen-bond acceptors (Lipinski definition) is 7. The summed E-state index contributed by atoms with van der Waals surface area (Å²) in [5, 5.41) is 11.4. The van der Waals surface area contributed by atoms with Gasteiger partial charge in [-0.25, -0.2) is 5.43 Å². The second kappa shape index (κ2) is 13.2. The first-order valence-electron chi connectivity index (χ1n) is 8.82. The first-order valence-corrected chi connectivity index (χ1v) is 8.82. The molecule has 0 aromatic carbocycles. The van der Waals surface area contributed by atoms with Gasteiger partial charge in [-0.1, -0.05) is 13.5 Å². The predicted octanol–water partition coefficient (Wildman–Crippen LogP) is 0.463. The highest BCUT2D eigenvalue weighted by Crippen LogP contribution is 2.07. The minimum atomic E-state index is -0.784. The van der Waals surface area contributed by atoms with Crippen LogP contribution in [0.4, 0.5) is 0 Å². The van der Waals surface area contributed by atoms with Gasteiger partial charge in [-0.05, 0) is 13.3 Å². The van der Waals surface area contributed by atoms with E-state index < -0.39 is 6.10 Å². The van der Waals surface area contributed by atoms with E-state index in [1.165, 1.54) is 5.01 Å². The van der Waals surface area contributed by atoms with Gasteiger partial charge >= 0.3 is 0 Å². The molecule has 25 heavy (non-hydrogen) atoms. The highest BCUT2D eigenvalue weighted by atomic mass is 16.7. The Bertz CT molecular complexity index is 387. The zero-order chi connectivity index (χ0) is 18.5.